The van der Waals surface area contributed by atoms with Crippen molar-refractivity contribution in [2.24, 2.45) is 0 Å². The minimum absolute atomic E-state index is 1.24. The number of hydrogen-bond acceptors (Lipinski definition) is 4. The van der Waals surface area contributed by atoms with Gasteiger partial charge in [0.1, 0.15) is 0 Å². The third kappa shape index (κ3) is 2.39. The van der Waals surface area contributed by atoms with Crippen LogP contribution in [0.2, 0.25) is 0 Å². The topological polar surface area (TPSA) is 25.8 Å². The Labute approximate surface area is 113 Å². The van der Waals surface area contributed by atoms with Crippen molar-refractivity contribution in [3.05, 3.63) is 60.9 Å². The Bertz CT molecular complexity index is 632. The fourth-order valence-electron chi connectivity index (χ4n) is 1.62. The van der Waals surface area contributed by atoms with Crippen LogP contribution in [0.3, 0.4) is 0 Å². The van der Waals surface area contributed by atoms with Crippen molar-refractivity contribution < 1.29 is 0 Å². The van der Waals surface area contributed by atoms with Crippen LogP contribution >= 0.6 is 23.1 Å². The number of rotatable bonds is 0. The van der Waals surface area contributed by atoms with E-state index in [-0.39, 0.29) is 0 Å². The number of aromatic nitrogens is 2. The van der Waals surface area contributed by atoms with Gasteiger partial charge in [-0.1, -0.05) is 36.4 Å². The largest absolute Gasteiger partial charge is 0.200 e. The predicted octanol–water partition coefficient (Wildman–Crippen LogP) is 4.59. The number of hydrogen-bond donors (Lipinski definition) is 0. The minimum Gasteiger partial charge on any atom is -0.200 e. The van der Waals surface area contributed by atoms with Crippen molar-refractivity contribution >= 4 is 43.2 Å². The van der Waals surface area contributed by atoms with E-state index in [1.54, 1.807) is 0 Å². The van der Waals surface area contributed by atoms with E-state index in [1.165, 1.54) is 43.2 Å². The molecule has 0 N–H and O–H groups in total. The third-order valence-electron chi connectivity index (χ3n) is 2.52. The van der Waals surface area contributed by atoms with Gasteiger partial charge in [0.25, 0.3) is 0 Å². The Morgan fingerprint density at radius 1 is 0.611 bits per heavy atom. The van der Waals surface area contributed by atoms with Gasteiger partial charge in [-0.3, -0.25) is 0 Å². The van der Waals surface area contributed by atoms with Crippen LogP contribution in [0.15, 0.2) is 60.9 Å². The van der Waals surface area contributed by atoms with Crippen LogP contribution in [0.1, 0.15) is 0 Å². The molecule has 0 bridgehead atoms. The molecule has 0 saturated carbocycles. The Balaban J connectivity index is 0.000000111. The van der Waals surface area contributed by atoms with Gasteiger partial charge >= 0.3 is 0 Å². The molecule has 0 aliphatic rings. The zero-order valence-corrected chi connectivity index (χ0v) is 11.1. The van der Waals surface area contributed by atoms with Gasteiger partial charge in [-0.2, -0.15) is 8.75 Å². The summed E-state index contributed by atoms with van der Waals surface area (Å²) in [6, 6.07) is 16.4. The highest BCUT2D eigenvalue weighted by Gasteiger charge is 1.90. The van der Waals surface area contributed by atoms with Gasteiger partial charge in [0.05, 0.1) is 9.40 Å². The maximum absolute atomic E-state index is 4.04. The standard InChI is InChI=1S/2C7H5NS/c2*1-2-4-7-6(3-1)5-8-9-7/h2*1-5H. The molecule has 2 heterocycles. The molecule has 0 aliphatic carbocycles. The molecule has 0 atom stereocenters. The maximum Gasteiger partial charge on any atom is 0.0549 e. The Hall–Kier alpha value is -1.78. The van der Waals surface area contributed by atoms with Gasteiger partial charge in [-0.25, -0.2) is 0 Å². The van der Waals surface area contributed by atoms with Crippen LogP contribution in [0.5, 0.6) is 0 Å². The van der Waals surface area contributed by atoms with Gasteiger partial charge in [0, 0.05) is 23.2 Å². The van der Waals surface area contributed by atoms with E-state index in [1.807, 2.05) is 36.7 Å². The van der Waals surface area contributed by atoms with Gasteiger partial charge in [-0.05, 0) is 35.2 Å². The molecule has 0 unspecified atom stereocenters. The third-order valence-corrected chi connectivity index (χ3v) is 4.08. The smallest absolute Gasteiger partial charge is 0.0549 e. The van der Waals surface area contributed by atoms with E-state index >= 15 is 0 Å². The van der Waals surface area contributed by atoms with Crippen LogP contribution in [0.4, 0.5) is 0 Å². The highest BCUT2D eigenvalue weighted by molar-refractivity contribution is 7.13. The molecule has 4 heteroatoms. The van der Waals surface area contributed by atoms with Crippen LogP contribution in [-0.2, 0) is 0 Å². The summed E-state index contributed by atoms with van der Waals surface area (Å²) in [6.45, 7) is 0. The summed E-state index contributed by atoms with van der Waals surface area (Å²) in [5, 5.41) is 2.48. The molecule has 18 heavy (non-hydrogen) atoms. The first kappa shape index (κ1) is 11.3. The summed E-state index contributed by atoms with van der Waals surface area (Å²) in [4.78, 5) is 0. The lowest BCUT2D eigenvalue weighted by Gasteiger charge is -1.80. The van der Waals surface area contributed by atoms with Crippen LogP contribution < -0.4 is 0 Å². The average Bonchev–Trinajstić information content (AvgIpc) is 3.08. The van der Waals surface area contributed by atoms with Crippen LogP contribution in [0.25, 0.3) is 20.2 Å². The van der Waals surface area contributed by atoms with E-state index in [4.69, 9.17) is 0 Å². The van der Waals surface area contributed by atoms with Crippen molar-refractivity contribution in [2.45, 2.75) is 0 Å². The fourth-order valence-corrected chi connectivity index (χ4v) is 2.91. The molecule has 4 aromatic rings. The monoisotopic (exact) mass is 270 g/mol. The van der Waals surface area contributed by atoms with Crippen molar-refractivity contribution in [1.29, 1.82) is 0 Å². The average molecular weight is 270 g/mol. The molecule has 0 spiro atoms. The van der Waals surface area contributed by atoms with Crippen molar-refractivity contribution in [3.8, 4) is 0 Å². The highest BCUT2D eigenvalue weighted by Crippen LogP contribution is 2.16. The van der Waals surface area contributed by atoms with Crippen LogP contribution in [0, 0.1) is 0 Å². The molecule has 88 valence electrons. The van der Waals surface area contributed by atoms with E-state index < -0.39 is 0 Å². The molecule has 2 aromatic heterocycles. The molecule has 0 radical (unpaired) electrons. The first-order chi connectivity index (χ1) is 8.93. The number of benzene rings is 2. The zero-order valence-electron chi connectivity index (χ0n) is 9.48. The maximum atomic E-state index is 4.04. The zero-order chi connectivity index (χ0) is 12.2. The minimum atomic E-state index is 1.24. The van der Waals surface area contributed by atoms with Crippen LogP contribution in [-0.4, -0.2) is 8.75 Å². The first-order valence-electron chi connectivity index (χ1n) is 5.52. The van der Waals surface area contributed by atoms with E-state index in [9.17, 15) is 0 Å². The fraction of sp³-hybridized carbons (Fsp3) is 0. The summed E-state index contributed by atoms with van der Waals surface area (Å²) in [6.07, 6.45) is 3.78. The molecule has 0 saturated heterocycles. The lowest BCUT2D eigenvalue weighted by molar-refractivity contribution is 1.61. The van der Waals surface area contributed by atoms with Crippen molar-refractivity contribution in [1.82, 2.24) is 8.75 Å². The molecule has 2 nitrogen and oxygen atoms in total. The summed E-state index contributed by atoms with van der Waals surface area (Å²) < 4.78 is 10.6. The SMILES string of the molecule is c1ccc2sncc2c1.c1ccc2sncc2c1. The highest BCUT2D eigenvalue weighted by atomic mass is 32.1. The van der Waals surface area contributed by atoms with E-state index in [0.717, 1.165) is 0 Å². The van der Waals surface area contributed by atoms with Crippen molar-refractivity contribution in [2.75, 3.05) is 0 Å². The second kappa shape index (κ2) is 5.25. The molecule has 0 aliphatic heterocycles. The van der Waals surface area contributed by atoms with Gasteiger partial charge in [0.15, 0.2) is 0 Å². The van der Waals surface area contributed by atoms with Gasteiger partial charge < -0.3 is 0 Å². The lowest BCUT2D eigenvalue weighted by atomic mass is 10.3. The normalized spacial score (nSPS) is 10.2. The quantitative estimate of drug-likeness (QED) is 0.467. The molecular formula is C14H10N2S2. The number of nitrogens with zero attached hydrogens (tertiary/aromatic N) is 2. The second-order valence-electron chi connectivity index (χ2n) is 3.73. The molecule has 2 aromatic carbocycles. The second-order valence-corrected chi connectivity index (χ2v) is 5.39. The van der Waals surface area contributed by atoms with E-state index in [0.29, 0.717) is 0 Å². The molecule has 0 fully saturated rings. The van der Waals surface area contributed by atoms with E-state index in [2.05, 4.69) is 33.0 Å². The van der Waals surface area contributed by atoms with Gasteiger partial charge in [-0.15, -0.1) is 0 Å². The number of fused-ring (bicyclic) bond motifs is 2. The summed E-state index contributed by atoms with van der Waals surface area (Å²) in [7, 11) is 0. The Kier molecular flexibility index (Phi) is 3.30. The Morgan fingerprint density at radius 3 is 1.50 bits per heavy atom. The molecule has 4 rings (SSSR count). The molecular weight excluding hydrogens is 260 g/mol. The lowest BCUT2D eigenvalue weighted by Crippen LogP contribution is -1.56. The molecule has 0 amide bonds. The van der Waals surface area contributed by atoms with Gasteiger partial charge in [0.2, 0.25) is 0 Å². The Morgan fingerprint density at radius 2 is 1.06 bits per heavy atom. The summed E-state index contributed by atoms with van der Waals surface area (Å²) in [5.74, 6) is 0. The first-order valence-corrected chi connectivity index (χ1v) is 7.07. The predicted molar refractivity (Wildman–Crippen MR) is 79.2 cm³/mol. The van der Waals surface area contributed by atoms with Crippen molar-refractivity contribution in [3.63, 3.8) is 0 Å². The summed E-state index contributed by atoms with van der Waals surface area (Å²) >= 11 is 3.07. The summed E-state index contributed by atoms with van der Waals surface area (Å²) in [5.41, 5.74) is 0.